The van der Waals surface area contributed by atoms with E-state index in [0.29, 0.717) is 0 Å². The number of nitrogens with zero attached hydrogens (tertiary/aromatic N) is 2. The van der Waals surface area contributed by atoms with E-state index < -0.39 is 0 Å². The van der Waals surface area contributed by atoms with Crippen molar-refractivity contribution in [3.05, 3.63) is 0 Å². The first-order chi connectivity index (χ1) is 8.42. The van der Waals surface area contributed by atoms with E-state index in [4.69, 9.17) is 4.74 Å². The van der Waals surface area contributed by atoms with Crippen LogP contribution in [0.2, 0.25) is 0 Å². The van der Waals surface area contributed by atoms with Crippen molar-refractivity contribution in [3.8, 4) is 0 Å². The Kier molecular flexibility index (Phi) is 3.99. The predicted molar refractivity (Wildman–Crippen MR) is 69.2 cm³/mol. The molecular weight excluding hydrogens is 212 g/mol. The van der Waals surface area contributed by atoms with E-state index in [1.165, 1.54) is 64.8 Å². The Morgan fingerprint density at radius 3 is 2.59 bits per heavy atom. The maximum atomic E-state index is 5.50. The van der Waals surface area contributed by atoms with Gasteiger partial charge in [0.1, 0.15) is 0 Å². The lowest BCUT2D eigenvalue weighted by atomic mass is 10.1. The summed E-state index contributed by atoms with van der Waals surface area (Å²) in [5.74, 6) is 0.814. The Hall–Kier alpha value is -0.120. The molecule has 0 amide bonds. The lowest BCUT2D eigenvalue weighted by Gasteiger charge is -2.30. The van der Waals surface area contributed by atoms with Gasteiger partial charge >= 0.3 is 0 Å². The van der Waals surface area contributed by atoms with Crippen LogP contribution in [0.15, 0.2) is 0 Å². The minimum atomic E-state index is 0.814. The second kappa shape index (κ2) is 5.68. The zero-order valence-corrected chi connectivity index (χ0v) is 10.9. The van der Waals surface area contributed by atoms with E-state index >= 15 is 0 Å². The van der Waals surface area contributed by atoms with Gasteiger partial charge in [0.25, 0.3) is 0 Å². The molecule has 0 saturated carbocycles. The molecule has 0 radical (unpaired) electrons. The van der Waals surface area contributed by atoms with Crippen molar-refractivity contribution < 1.29 is 4.74 Å². The van der Waals surface area contributed by atoms with Crippen LogP contribution in [0.1, 0.15) is 32.1 Å². The Bertz CT molecular complexity index is 210. The number of likely N-dealkylation sites (tertiary alicyclic amines) is 2. The molecule has 3 saturated heterocycles. The Morgan fingerprint density at radius 2 is 1.82 bits per heavy atom. The monoisotopic (exact) mass is 238 g/mol. The van der Waals surface area contributed by atoms with E-state index in [1.807, 2.05) is 0 Å². The highest BCUT2D eigenvalue weighted by Gasteiger charge is 2.29. The molecule has 98 valence electrons. The van der Waals surface area contributed by atoms with E-state index in [0.717, 1.165) is 25.2 Å². The van der Waals surface area contributed by atoms with Crippen LogP contribution < -0.4 is 0 Å². The van der Waals surface area contributed by atoms with Gasteiger partial charge in [-0.05, 0) is 57.7 Å². The average molecular weight is 238 g/mol. The van der Waals surface area contributed by atoms with E-state index in [1.54, 1.807) is 0 Å². The molecule has 0 aromatic rings. The number of hydrogen-bond acceptors (Lipinski definition) is 3. The van der Waals surface area contributed by atoms with Gasteiger partial charge in [0.2, 0.25) is 0 Å². The molecule has 3 nitrogen and oxygen atoms in total. The Balaban J connectivity index is 1.48. The summed E-state index contributed by atoms with van der Waals surface area (Å²) in [5.41, 5.74) is 0. The van der Waals surface area contributed by atoms with Crippen molar-refractivity contribution in [3.63, 3.8) is 0 Å². The van der Waals surface area contributed by atoms with Crippen LogP contribution in [0.4, 0.5) is 0 Å². The third-order valence-corrected chi connectivity index (χ3v) is 4.68. The van der Waals surface area contributed by atoms with Crippen LogP contribution in [-0.4, -0.2) is 61.8 Å². The lowest BCUT2D eigenvalue weighted by molar-refractivity contribution is 0.147. The number of ether oxygens (including phenoxy) is 1. The fourth-order valence-electron chi connectivity index (χ4n) is 3.66. The zero-order valence-electron chi connectivity index (χ0n) is 10.9. The molecule has 0 aromatic carbocycles. The molecular formula is C14H26N2O. The summed E-state index contributed by atoms with van der Waals surface area (Å²) in [6.45, 7) is 8.64. The summed E-state index contributed by atoms with van der Waals surface area (Å²) in [5, 5.41) is 0. The quantitative estimate of drug-likeness (QED) is 0.739. The van der Waals surface area contributed by atoms with Gasteiger partial charge in [-0.3, -0.25) is 4.90 Å². The standard InChI is InChI=1S/C14H26N2O/c1-2-7-15(6-1)11-14-4-3-8-16(14)10-13-5-9-17-12-13/h13-14H,1-12H2/t13-,14-/m1/s1. The van der Waals surface area contributed by atoms with Crippen molar-refractivity contribution >= 4 is 0 Å². The van der Waals surface area contributed by atoms with Gasteiger partial charge in [-0.15, -0.1) is 0 Å². The molecule has 0 aliphatic carbocycles. The lowest BCUT2D eigenvalue weighted by Crippen LogP contribution is -2.41. The third kappa shape index (κ3) is 3.01. The van der Waals surface area contributed by atoms with Crippen LogP contribution in [0.5, 0.6) is 0 Å². The summed E-state index contributed by atoms with van der Waals surface area (Å²) in [6.07, 6.45) is 6.95. The molecule has 0 unspecified atom stereocenters. The van der Waals surface area contributed by atoms with Gasteiger partial charge in [0, 0.05) is 25.7 Å². The first-order valence-electron chi connectivity index (χ1n) is 7.46. The minimum absolute atomic E-state index is 0.814. The first kappa shape index (κ1) is 11.9. The molecule has 0 aromatic heterocycles. The summed E-state index contributed by atoms with van der Waals surface area (Å²) < 4.78 is 5.50. The zero-order chi connectivity index (χ0) is 11.5. The van der Waals surface area contributed by atoms with Crippen LogP contribution in [0, 0.1) is 5.92 Å². The maximum absolute atomic E-state index is 5.50. The van der Waals surface area contributed by atoms with Gasteiger partial charge in [-0.2, -0.15) is 0 Å². The van der Waals surface area contributed by atoms with Crippen molar-refractivity contribution in [2.75, 3.05) is 45.9 Å². The average Bonchev–Trinajstić information content (AvgIpc) is 3.04. The molecule has 0 N–H and O–H groups in total. The van der Waals surface area contributed by atoms with Crippen LogP contribution in [-0.2, 0) is 4.74 Å². The SMILES string of the molecule is C1CCN(C[C@H]2CCCN2C[C@H]2CCOC2)C1. The van der Waals surface area contributed by atoms with Crippen LogP contribution in [0.3, 0.4) is 0 Å². The van der Waals surface area contributed by atoms with E-state index in [9.17, 15) is 0 Å². The minimum Gasteiger partial charge on any atom is -0.381 e. The van der Waals surface area contributed by atoms with Gasteiger partial charge in [0.15, 0.2) is 0 Å². The van der Waals surface area contributed by atoms with Gasteiger partial charge in [-0.1, -0.05) is 0 Å². The molecule has 2 atom stereocenters. The largest absolute Gasteiger partial charge is 0.381 e. The Labute approximate surface area is 105 Å². The summed E-state index contributed by atoms with van der Waals surface area (Å²) in [4.78, 5) is 5.42. The molecule has 3 rings (SSSR count). The highest BCUT2D eigenvalue weighted by atomic mass is 16.5. The summed E-state index contributed by atoms with van der Waals surface area (Å²) in [7, 11) is 0. The molecule has 3 heterocycles. The second-order valence-electron chi connectivity index (χ2n) is 6.03. The van der Waals surface area contributed by atoms with Crippen molar-refractivity contribution in [2.45, 2.75) is 38.1 Å². The maximum Gasteiger partial charge on any atom is 0.0507 e. The van der Waals surface area contributed by atoms with Gasteiger partial charge in [0.05, 0.1) is 6.61 Å². The van der Waals surface area contributed by atoms with Crippen LogP contribution in [0.25, 0.3) is 0 Å². The summed E-state index contributed by atoms with van der Waals surface area (Å²) in [6, 6.07) is 0.841. The molecule has 0 spiro atoms. The predicted octanol–water partition coefficient (Wildman–Crippen LogP) is 1.58. The first-order valence-corrected chi connectivity index (χ1v) is 7.46. The van der Waals surface area contributed by atoms with Crippen molar-refractivity contribution in [2.24, 2.45) is 5.92 Å². The topological polar surface area (TPSA) is 15.7 Å². The fourth-order valence-corrected chi connectivity index (χ4v) is 3.66. The molecule has 3 heteroatoms. The Morgan fingerprint density at radius 1 is 0.941 bits per heavy atom. The van der Waals surface area contributed by atoms with Crippen molar-refractivity contribution in [1.82, 2.24) is 9.80 Å². The molecule has 0 bridgehead atoms. The van der Waals surface area contributed by atoms with E-state index in [2.05, 4.69) is 9.80 Å². The van der Waals surface area contributed by atoms with E-state index in [-0.39, 0.29) is 0 Å². The number of hydrogen-bond donors (Lipinski definition) is 0. The smallest absolute Gasteiger partial charge is 0.0507 e. The highest BCUT2D eigenvalue weighted by Crippen LogP contribution is 2.23. The van der Waals surface area contributed by atoms with Gasteiger partial charge in [-0.25, -0.2) is 0 Å². The molecule has 17 heavy (non-hydrogen) atoms. The summed E-state index contributed by atoms with van der Waals surface area (Å²) >= 11 is 0. The second-order valence-corrected chi connectivity index (χ2v) is 6.03. The molecule has 3 fully saturated rings. The third-order valence-electron chi connectivity index (χ3n) is 4.68. The number of rotatable bonds is 4. The molecule has 3 aliphatic heterocycles. The highest BCUT2D eigenvalue weighted by molar-refractivity contribution is 4.85. The molecule has 3 aliphatic rings. The van der Waals surface area contributed by atoms with Gasteiger partial charge < -0.3 is 9.64 Å². The van der Waals surface area contributed by atoms with Crippen LogP contribution >= 0.6 is 0 Å². The van der Waals surface area contributed by atoms with Crippen molar-refractivity contribution in [1.29, 1.82) is 0 Å². The fraction of sp³-hybridized carbons (Fsp3) is 1.00. The normalized spacial score (nSPS) is 36.0.